The predicted octanol–water partition coefficient (Wildman–Crippen LogP) is 3.46. The van der Waals surface area contributed by atoms with E-state index in [1.807, 2.05) is 54.6 Å². The molecule has 1 aliphatic rings. The molecule has 2 aromatic carbocycles. The minimum Gasteiger partial charge on any atom is -0.350 e. The van der Waals surface area contributed by atoms with E-state index in [1.54, 1.807) is 6.92 Å². The molecule has 4 nitrogen and oxygen atoms in total. The van der Waals surface area contributed by atoms with Gasteiger partial charge in [0.2, 0.25) is 0 Å². The Morgan fingerprint density at radius 2 is 1.54 bits per heavy atom. The maximum Gasteiger partial charge on any atom is 0.278 e. The molecular weight excluding hydrogens is 300 g/mol. The van der Waals surface area contributed by atoms with Gasteiger partial charge in [-0.1, -0.05) is 49.4 Å². The molecule has 1 heterocycles. The Bertz CT molecular complexity index is 792. The van der Waals surface area contributed by atoms with E-state index >= 15 is 0 Å². The first-order valence-corrected chi connectivity index (χ1v) is 8.17. The largest absolute Gasteiger partial charge is 0.350 e. The van der Waals surface area contributed by atoms with Crippen LogP contribution in [0, 0.1) is 0 Å². The minimum absolute atomic E-state index is 0.249. The monoisotopic (exact) mass is 320 g/mol. The highest BCUT2D eigenvalue weighted by atomic mass is 16.2. The van der Waals surface area contributed by atoms with Crippen LogP contribution in [0.5, 0.6) is 0 Å². The van der Waals surface area contributed by atoms with E-state index in [-0.39, 0.29) is 11.8 Å². The van der Waals surface area contributed by atoms with Gasteiger partial charge in [-0.05, 0) is 36.6 Å². The minimum atomic E-state index is -0.277. The number of aryl methyl sites for hydroxylation is 1. The molecule has 2 aromatic rings. The molecule has 122 valence electrons. The number of carbonyl (C=O) groups excluding carboxylic acids is 2. The molecular formula is C20H20N2O2. The summed E-state index contributed by atoms with van der Waals surface area (Å²) in [6.45, 7) is 4.25. The van der Waals surface area contributed by atoms with E-state index in [1.165, 1.54) is 10.5 Å². The molecule has 4 heteroatoms. The molecule has 0 bridgehead atoms. The zero-order valence-electron chi connectivity index (χ0n) is 13.9. The Morgan fingerprint density at radius 1 is 0.875 bits per heavy atom. The van der Waals surface area contributed by atoms with Gasteiger partial charge in [-0.2, -0.15) is 0 Å². The van der Waals surface area contributed by atoms with Crippen molar-refractivity contribution in [2.75, 3.05) is 11.9 Å². The average molecular weight is 320 g/mol. The summed E-state index contributed by atoms with van der Waals surface area (Å²) in [7, 11) is 0. The highest BCUT2D eigenvalue weighted by molar-refractivity contribution is 6.36. The molecule has 0 saturated heterocycles. The van der Waals surface area contributed by atoms with Crippen LogP contribution in [0.2, 0.25) is 0 Å². The van der Waals surface area contributed by atoms with Crippen LogP contribution < -0.4 is 5.32 Å². The highest BCUT2D eigenvalue weighted by Crippen LogP contribution is 2.30. The molecule has 0 aliphatic carbocycles. The molecule has 2 amide bonds. The van der Waals surface area contributed by atoms with Crippen molar-refractivity contribution in [1.29, 1.82) is 0 Å². The number of imide groups is 1. The fourth-order valence-electron chi connectivity index (χ4n) is 2.82. The van der Waals surface area contributed by atoms with Gasteiger partial charge in [0.1, 0.15) is 5.70 Å². The van der Waals surface area contributed by atoms with Gasteiger partial charge in [0, 0.05) is 12.2 Å². The summed E-state index contributed by atoms with van der Waals surface area (Å²) in [4.78, 5) is 26.6. The SMILES string of the molecule is CCc1ccc(NC2=C(c3ccccc3)C(=O)N(CC)C2=O)cc1. The standard InChI is InChI=1S/C20H20N2O2/c1-3-14-10-12-16(13-11-14)21-18-17(15-8-6-5-7-9-15)19(23)22(4-2)20(18)24/h5-13,21H,3-4H2,1-2H3. The van der Waals surface area contributed by atoms with Crippen LogP contribution in [0.15, 0.2) is 60.3 Å². The summed E-state index contributed by atoms with van der Waals surface area (Å²) in [5.74, 6) is -0.526. The number of amides is 2. The van der Waals surface area contributed by atoms with Gasteiger partial charge in [0.05, 0.1) is 5.57 Å². The Kier molecular flexibility index (Phi) is 4.47. The molecule has 3 rings (SSSR count). The first kappa shape index (κ1) is 16.0. The number of nitrogens with one attached hydrogen (secondary N) is 1. The fourth-order valence-corrected chi connectivity index (χ4v) is 2.82. The summed E-state index contributed by atoms with van der Waals surface area (Å²) in [6, 6.07) is 17.2. The maximum atomic E-state index is 12.7. The van der Waals surface area contributed by atoms with Crippen molar-refractivity contribution in [1.82, 2.24) is 4.90 Å². The lowest BCUT2D eigenvalue weighted by atomic mass is 10.0. The summed E-state index contributed by atoms with van der Waals surface area (Å²) in [6.07, 6.45) is 0.958. The van der Waals surface area contributed by atoms with Gasteiger partial charge >= 0.3 is 0 Å². The second-order valence-corrected chi connectivity index (χ2v) is 5.65. The van der Waals surface area contributed by atoms with Crippen molar-refractivity contribution in [3.05, 3.63) is 71.4 Å². The average Bonchev–Trinajstić information content (AvgIpc) is 2.86. The summed E-state index contributed by atoms with van der Waals surface area (Å²) < 4.78 is 0. The van der Waals surface area contributed by atoms with Crippen molar-refractivity contribution in [3.63, 3.8) is 0 Å². The van der Waals surface area contributed by atoms with Crippen LogP contribution in [0.25, 0.3) is 5.57 Å². The molecule has 0 unspecified atom stereocenters. The Balaban J connectivity index is 2.03. The van der Waals surface area contributed by atoms with Crippen molar-refractivity contribution < 1.29 is 9.59 Å². The van der Waals surface area contributed by atoms with Crippen LogP contribution in [0.4, 0.5) is 5.69 Å². The lowest BCUT2D eigenvalue weighted by molar-refractivity contribution is -0.136. The number of rotatable bonds is 5. The second kappa shape index (κ2) is 6.71. The third kappa shape index (κ3) is 2.83. The zero-order valence-corrected chi connectivity index (χ0v) is 13.9. The first-order chi connectivity index (χ1) is 11.7. The van der Waals surface area contributed by atoms with Crippen molar-refractivity contribution >= 4 is 23.1 Å². The normalized spacial score (nSPS) is 14.5. The highest BCUT2D eigenvalue weighted by Gasteiger charge is 2.38. The third-order valence-electron chi connectivity index (χ3n) is 4.18. The quantitative estimate of drug-likeness (QED) is 0.858. The summed E-state index contributed by atoms with van der Waals surface area (Å²) in [5, 5.41) is 3.15. The van der Waals surface area contributed by atoms with Gasteiger partial charge in [-0.15, -0.1) is 0 Å². The van der Waals surface area contributed by atoms with E-state index in [4.69, 9.17) is 0 Å². The van der Waals surface area contributed by atoms with Gasteiger partial charge < -0.3 is 5.32 Å². The summed E-state index contributed by atoms with van der Waals surface area (Å²) in [5.41, 5.74) is 3.55. The predicted molar refractivity (Wildman–Crippen MR) is 95.2 cm³/mol. The number of hydrogen-bond donors (Lipinski definition) is 1. The molecule has 0 radical (unpaired) electrons. The smallest absolute Gasteiger partial charge is 0.278 e. The van der Waals surface area contributed by atoms with Gasteiger partial charge in [0.15, 0.2) is 0 Å². The van der Waals surface area contributed by atoms with Crippen LogP contribution in [0.3, 0.4) is 0 Å². The third-order valence-corrected chi connectivity index (χ3v) is 4.18. The Morgan fingerprint density at radius 3 is 2.12 bits per heavy atom. The molecule has 1 N–H and O–H groups in total. The van der Waals surface area contributed by atoms with E-state index in [2.05, 4.69) is 12.2 Å². The molecule has 0 atom stereocenters. The van der Waals surface area contributed by atoms with E-state index in [0.717, 1.165) is 17.7 Å². The number of hydrogen-bond acceptors (Lipinski definition) is 3. The molecule has 1 aliphatic heterocycles. The van der Waals surface area contributed by atoms with E-state index < -0.39 is 0 Å². The number of benzene rings is 2. The van der Waals surface area contributed by atoms with Gasteiger partial charge in [-0.25, -0.2) is 0 Å². The Hall–Kier alpha value is -2.88. The van der Waals surface area contributed by atoms with Crippen LogP contribution in [0.1, 0.15) is 25.0 Å². The van der Waals surface area contributed by atoms with Gasteiger partial charge in [0.25, 0.3) is 11.8 Å². The number of nitrogens with zero attached hydrogens (tertiary/aromatic N) is 1. The van der Waals surface area contributed by atoms with Crippen molar-refractivity contribution in [2.24, 2.45) is 0 Å². The topological polar surface area (TPSA) is 49.4 Å². The van der Waals surface area contributed by atoms with Crippen molar-refractivity contribution in [2.45, 2.75) is 20.3 Å². The lowest BCUT2D eigenvalue weighted by Crippen LogP contribution is -2.32. The number of likely N-dealkylation sites (N-methyl/N-ethyl adjacent to an activating group) is 1. The Labute approximate surface area is 141 Å². The van der Waals surface area contributed by atoms with E-state index in [0.29, 0.717) is 17.8 Å². The van der Waals surface area contributed by atoms with Crippen molar-refractivity contribution in [3.8, 4) is 0 Å². The molecule has 0 fully saturated rings. The number of anilines is 1. The fraction of sp³-hybridized carbons (Fsp3) is 0.200. The lowest BCUT2D eigenvalue weighted by Gasteiger charge is -2.12. The first-order valence-electron chi connectivity index (χ1n) is 8.17. The summed E-state index contributed by atoms with van der Waals surface area (Å²) >= 11 is 0. The van der Waals surface area contributed by atoms with Crippen LogP contribution >= 0.6 is 0 Å². The second-order valence-electron chi connectivity index (χ2n) is 5.65. The van der Waals surface area contributed by atoms with Gasteiger partial charge in [-0.3, -0.25) is 14.5 Å². The van der Waals surface area contributed by atoms with Crippen LogP contribution in [-0.4, -0.2) is 23.3 Å². The molecule has 0 saturated carbocycles. The number of carbonyl (C=O) groups is 2. The maximum absolute atomic E-state index is 12.7. The van der Waals surface area contributed by atoms with E-state index in [9.17, 15) is 9.59 Å². The van der Waals surface area contributed by atoms with Crippen LogP contribution in [-0.2, 0) is 16.0 Å². The molecule has 24 heavy (non-hydrogen) atoms. The molecule has 0 spiro atoms. The molecule has 0 aromatic heterocycles. The zero-order chi connectivity index (χ0) is 17.1.